The van der Waals surface area contributed by atoms with E-state index in [0.29, 0.717) is 17.9 Å². The number of carbonyl (C=O) groups is 3. The smallest absolute Gasteiger partial charge is 0.234 e. The van der Waals surface area contributed by atoms with E-state index in [2.05, 4.69) is 27.0 Å². The van der Waals surface area contributed by atoms with Crippen LogP contribution in [0.2, 0.25) is 0 Å². The zero-order valence-corrected chi connectivity index (χ0v) is 19.7. The maximum atomic E-state index is 12.2. The quantitative estimate of drug-likeness (QED) is 0.352. The third kappa shape index (κ3) is 8.47. The Balaban J connectivity index is 1.38. The third-order valence-corrected chi connectivity index (χ3v) is 6.89. The standard InChI is InChI=1S/C23H28N4O3S2/c1-16(28)25-18-8-5-9-19(12-18)26-22(30)15-32-23-27-20(14-31-23)13-21(29)24-11-10-17-6-3-2-4-7-17/h5-6,8-9,12,14H,2-4,7,10-11,13,15H2,1H3,(H,24,29)(H,25,28)(H,26,30). The topological polar surface area (TPSA) is 100 Å². The molecule has 0 bridgehead atoms. The van der Waals surface area contributed by atoms with Crippen LogP contribution in [0, 0.1) is 0 Å². The van der Waals surface area contributed by atoms with Gasteiger partial charge in [0.25, 0.3) is 0 Å². The van der Waals surface area contributed by atoms with E-state index in [0.717, 1.165) is 29.3 Å². The first-order valence-electron chi connectivity index (χ1n) is 10.7. The van der Waals surface area contributed by atoms with Gasteiger partial charge >= 0.3 is 0 Å². The summed E-state index contributed by atoms with van der Waals surface area (Å²) in [6, 6.07) is 6.98. The van der Waals surface area contributed by atoms with Crippen molar-refractivity contribution in [2.24, 2.45) is 0 Å². The Morgan fingerprint density at radius 3 is 2.69 bits per heavy atom. The molecular formula is C23H28N4O3S2. The molecule has 0 saturated carbocycles. The number of rotatable bonds is 10. The summed E-state index contributed by atoms with van der Waals surface area (Å²) >= 11 is 2.76. The molecular weight excluding hydrogens is 444 g/mol. The van der Waals surface area contributed by atoms with Crippen LogP contribution in [0.5, 0.6) is 0 Å². The van der Waals surface area contributed by atoms with Crippen LogP contribution in [0.3, 0.4) is 0 Å². The van der Waals surface area contributed by atoms with E-state index in [1.165, 1.54) is 48.4 Å². The molecule has 1 aromatic heterocycles. The lowest BCUT2D eigenvalue weighted by Crippen LogP contribution is -2.26. The van der Waals surface area contributed by atoms with E-state index in [4.69, 9.17) is 0 Å². The number of anilines is 2. The van der Waals surface area contributed by atoms with Gasteiger partial charge in [-0.2, -0.15) is 0 Å². The van der Waals surface area contributed by atoms with Crippen molar-refractivity contribution in [3.05, 3.63) is 47.0 Å². The number of benzene rings is 1. The van der Waals surface area contributed by atoms with Crippen molar-refractivity contribution in [2.75, 3.05) is 22.9 Å². The average Bonchev–Trinajstić information content (AvgIpc) is 3.20. The molecule has 1 aliphatic rings. The Morgan fingerprint density at radius 1 is 1.12 bits per heavy atom. The predicted octanol–water partition coefficient (Wildman–Crippen LogP) is 4.38. The van der Waals surface area contributed by atoms with Crippen LogP contribution in [0.25, 0.3) is 0 Å². The van der Waals surface area contributed by atoms with Gasteiger partial charge in [-0.15, -0.1) is 11.3 Å². The lowest BCUT2D eigenvalue weighted by Gasteiger charge is -2.12. The van der Waals surface area contributed by atoms with Crippen LogP contribution in [0.15, 0.2) is 45.6 Å². The predicted molar refractivity (Wildman–Crippen MR) is 130 cm³/mol. The molecule has 3 amide bonds. The fourth-order valence-electron chi connectivity index (χ4n) is 3.36. The number of thioether (sulfide) groups is 1. The molecule has 9 heteroatoms. The maximum absolute atomic E-state index is 12.2. The van der Waals surface area contributed by atoms with E-state index in [1.54, 1.807) is 24.3 Å². The Kier molecular flexibility index (Phi) is 9.30. The van der Waals surface area contributed by atoms with E-state index >= 15 is 0 Å². The summed E-state index contributed by atoms with van der Waals surface area (Å²) in [6.45, 7) is 2.10. The van der Waals surface area contributed by atoms with Crippen molar-refractivity contribution >= 4 is 52.2 Å². The van der Waals surface area contributed by atoms with Gasteiger partial charge in [-0.05, 0) is 50.3 Å². The monoisotopic (exact) mass is 472 g/mol. The van der Waals surface area contributed by atoms with Crippen LogP contribution in [-0.4, -0.2) is 35.0 Å². The van der Waals surface area contributed by atoms with Crippen molar-refractivity contribution < 1.29 is 14.4 Å². The minimum absolute atomic E-state index is 0.0277. The van der Waals surface area contributed by atoms with Crippen molar-refractivity contribution in [3.8, 4) is 0 Å². The number of aromatic nitrogens is 1. The Bertz CT molecular complexity index is 987. The zero-order chi connectivity index (χ0) is 22.8. The van der Waals surface area contributed by atoms with E-state index in [-0.39, 0.29) is 29.9 Å². The van der Waals surface area contributed by atoms with Crippen LogP contribution in [0.1, 0.15) is 44.7 Å². The largest absolute Gasteiger partial charge is 0.355 e. The first kappa shape index (κ1) is 24.0. The molecule has 0 fully saturated rings. The normalized spacial score (nSPS) is 13.2. The second-order valence-corrected chi connectivity index (χ2v) is 9.67. The molecule has 1 aliphatic carbocycles. The molecule has 0 unspecified atom stereocenters. The van der Waals surface area contributed by atoms with Gasteiger partial charge in [0.15, 0.2) is 4.34 Å². The lowest BCUT2D eigenvalue weighted by atomic mass is 9.97. The van der Waals surface area contributed by atoms with Crippen LogP contribution < -0.4 is 16.0 Å². The average molecular weight is 473 g/mol. The molecule has 0 atom stereocenters. The number of amides is 3. The zero-order valence-electron chi connectivity index (χ0n) is 18.1. The van der Waals surface area contributed by atoms with Gasteiger partial charge in [0, 0.05) is 30.2 Å². The highest BCUT2D eigenvalue weighted by Crippen LogP contribution is 2.24. The van der Waals surface area contributed by atoms with Gasteiger partial charge < -0.3 is 16.0 Å². The minimum Gasteiger partial charge on any atom is -0.355 e. The molecule has 170 valence electrons. The summed E-state index contributed by atoms with van der Waals surface area (Å²) in [6.07, 6.45) is 8.30. The summed E-state index contributed by atoms with van der Waals surface area (Å²) in [5.74, 6) is -0.154. The molecule has 1 heterocycles. The minimum atomic E-state index is -0.168. The second-order valence-electron chi connectivity index (χ2n) is 7.59. The highest BCUT2D eigenvalue weighted by molar-refractivity contribution is 8.01. The maximum Gasteiger partial charge on any atom is 0.234 e. The molecule has 2 aromatic rings. The van der Waals surface area contributed by atoms with E-state index in [9.17, 15) is 14.4 Å². The second kappa shape index (κ2) is 12.4. The van der Waals surface area contributed by atoms with Crippen molar-refractivity contribution in [1.29, 1.82) is 0 Å². The summed E-state index contributed by atoms with van der Waals surface area (Å²) < 4.78 is 0.752. The number of carbonyl (C=O) groups excluding carboxylic acids is 3. The van der Waals surface area contributed by atoms with Gasteiger partial charge in [0.1, 0.15) is 0 Å². The molecule has 1 aromatic carbocycles. The van der Waals surface area contributed by atoms with Crippen molar-refractivity contribution in [2.45, 2.75) is 49.8 Å². The number of allylic oxidation sites excluding steroid dienone is 1. The highest BCUT2D eigenvalue weighted by atomic mass is 32.2. The Labute approximate surface area is 196 Å². The van der Waals surface area contributed by atoms with Gasteiger partial charge in [0.2, 0.25) is 17.7 Å². The summed E-state index contributed by atoms with van der Waals surface area (Å²) in [5.41, 5.74) is 3.41. The van der Waals surface area contributed by atoms with E-state index < -0.39 is 0 Å². The third-order valence-electron chi connectivity index (χ3n) is 4.82. The molecule has 3 rings (SSSR count). The first-order chi connectivity index (χ1) is 15.5. The summed E-state index contributed by atoms with van der Waals surface area (Å²) in [7, 11) is 0. The van der Waals surface area contributed by atoms with Crippen LogP contribution in [0.4, 0.5) is 11.4 Å². The number of hydrogen-bond donors (Lipinski definition) is 3. The number of nitrogens with zero attached hydrogens (tertiary/aromatic N) is 1. The lowest BCUT2D eigenvalue weighted by molar-refractivity contribution is -0.120. The van der Waals surface area contributed by atoms with E-state index in [1.807, 2.05) is 5.38 Å². The van der Waals surface area contributed by atoms with Crippen LogP contribution in [-0.2, 0) is 20.8 Å². The fourth-order valence-corrected chi connectivity index (χ4v) is 5.00. The fraction of sp³-hybridized carbons (Fsp3) is 0.391. The SMILES string of the molecule is CC(=O)Nc1cccc(NC(=O)CSc2nc(CC(=O)NCCC3=CCCCC3)cs2)c1. The van der Waals surface area contributed by atoms with Gasteiger partial charge in [-0.1, -0.05) is 29.5 Å². The molecule has 0 radical (unpaired) electrons. The number of nitrogens with one attached hydrogen (secondary N) is 3. The van der Waals surface area contributed by atoms with Crippen LogP contribution >= 0.6 is 23.1 Å². The highest BCUT2D eigenvalue weighted by Gasteiger charge is 2.11. The molecule has 3 N–H and O–H groups in total. The van der Waals surface area contributed by atoms with Crippen molar-refractivity contribution in [1.82, 2.24) is 10.3 Å². The Morgan fingerprint density at radius 2 is 1.94 bits per heavy atom. The van der Waals surface area contributed by atoms with Gasteiger partial charge in [-0.25, -0.2) is 4.98 Å². The first-order valence-corrected chi connectivity index (χ1v) is 12.5. The van der Waals surface area contributed by atoms with Gasteiger partial charge in [-0.3, -0.25) is 14.4 Å². The molecule has 0 saturated heterocycles. The molecule has 32 heavy (non-hydrogen) atoms. The summed E-state index contributed by atoms with van der Waals surface area (Å²) in [5, 5.41) is 10.3. The number of hydrogen-bond acceptors (Lipinski definition) is 6. The molecule has 0 spiro atoms. The molecule has 7 nitrogen and oxygen atoms in total. The number of thiazole rings is 1. The molecule has 0 aliphatic heterocycles. The summed E-state index contributed by atoms with van der Waals surface area (Å²) in [4.78, 5) is 40.0. The van der Waals surface area contributed by atoms with Gasteiger partial charge in [0.05, 0.1) is 17.9 Å². The van der Waals surface area contributed by atoms with Crippen molar-refractivity contribution in [3.63, 3.8) is 0 Å². The Hall–Kier alpha value is -2.65.